The van der Waals surface area contributed by atoms with Crippen LogP contribution in [0.15, 0.2) is 61.1 Å². The average molecular weight is 666 g/mol. The van der Waals surface area contributed by atoms with Crippen LogP contribution in [-0.4, -0.2) is 68.0 Å². The number of benzene rings is 2. The van der Waals surface area contributed by atoms with Crippen LogP contribution < -0.4 is 10.1 Å². The Morgan fingerprint density at radius 1 is 1.17 bits per heavy atom. The van der Waals surface area contributed by atoms with Gasteiger partial charge in [-0.3, -0.25) is 14.5 Å². The number of alkyl halides is 3. The number of hydrogen-bond donors (Lipinski definition) is 2. The molecule has 9 nitrogen and oxygen atoms in total. The average Bonchev–Trinajstić information content (AvgIpc) is 3.58. The lowest BCUT2D eigenvalue weighted by atomic mass is 9.94. The molecular formula is C34H28F5N5O4. The van der Waals surface area contributed by atoms with E-state index in [1.54, 1.807) is 7.05 Å². The molecule has 2 N–H and O–H groups in total. The molecule has 1 fully saturated rings. The lowest BCUT2D eigenvalue weighted by molar-refractivity contribution is -0.137. The zero-order valence-corrected chi connectivity index (χ0v) is 25.4. The number of imidazole rings is 1. The molecular weight excluding hydrogens is 637 g/mol. The Labute approximate surface area is 269 Å². The first-order valence-electron chi connectivity index (χ1n) is 15.1. The number of nitrogens with one attached hydrogen (secondary N) is 1. The number of fused-ring (bicyclic) bond motifs is 4. The number of likely N-dealkylation sites (tertiary alicyclic amines) is 1. The van der Waals surface area contributed by atoms with Crippen molar-refractivity contribution in [2.45, 2.75) is 25.1 Å². The Morgan fingerprint density at radius 3 is 2.62 bits per heavy atom. The van der Waals surface area contributed by atoms with Crippen LogP contribution in [0.1, 0.15) is 33.6 Å². The first-order chi connectivity index (χ1) is 23.0. The van der Waals surface area contributed by atoms with Crippen LogP contribution in [0, 0.1) is 11.6 Å². The molecule has 1 amide bonds. The summed E-state index contributed by atoms with van der Waals surface area (Å²) in [5, 5.41) is 11.4. The summed E-state index contributed by atoms with van der Waals surface area (Å²) in [5.74, 6) is -3.95. The number of pyridine rings is 1. The topological polar surface area (TPSA) is 101 Å². The van der Waals surface area contributed by atoms with E-state index in [1.807, 2.05) is 4.90 Å². The maximum atomic E-state index is 15.2. The Balaban J connectivity index is 1.24. The van der Waals surface area contributed by atoms with Gasteiger partial charge in [0.2, 0.25) is 11.7 Å². The van der Waals surface area contributed by atoms with Crippen molar-refractivity contribution >= 4 is 33.9 Å². The van der Waals surface area contributed by atoms with Crippen molar-refractivity contribution in [2.75, 3.05) is 31.6 Å². The van der Waals surface area contributed by atoms with E-state index in [1.165, 1.54) is 45.8 Å². The zero-order chi connectivity index (χ0) is 33.9. The van der Waals surface area contributed by atoms with Crippen LogP contribution in [0.25, 0.3) is 27.7 Å². The fraction of sp³-hybridized carbons (Fsp3) is 0.265. The van der Waals surface area contributed by atoms with E-state index in [2.05, 4.69) is 10.3 Å². The Morgan fingerprint density at radius 2 is 1.94 bits per heavy atom. The highest BCUT2D eigenvalue weighted by molar-refractivity contribution is 6.10. The highest BCUT2D eigenvalue weighted by Crippen LogP contribution is 2.48. The number of ketones is 1. The van der Waals surface area contributed by atoms with Crippen LogP contribution >= 0.6 is 0 Å². The number of aromatic nitrogens is 3. The largest absolute Gasteiger partial charge is 0.490 e. The Kier molecular flexibility index (Phi) is 7.79. The number of halogens is 5. The van der Waals surface area contributed by atoms with Crippen LogP contribution in [-0.2, 0) is 24.4 Å². The molecule has 1 atom stereocenters. The lowest BCUT2D eigenvalue weighted by Crippen LogP contribution is -2.49. The molecule has 0 aliphatic carbocycles. The summed E-state index contributed by atoms with van der Waals surface area (Å²) >= 11 is 0. The number of nitrogens with zero attached hydrogens (tertiary/aromatic N) is 4. The van der Waals surface area contributed by atoms with Crippen molar-refractivity contribution in [3.63, 3.8) is 0 Å². The highest BCUT2D eigenvalue weighted by Gasteiger charge is 2.39. The summed E-state index contributed by atoms with van der Waals surface area (Å²) in [6.45, 7) is 1.13. The predicted molar refractivity (Wildman–Crippen MR) is 166 cm³/mol. The molecule has 5 heterocycles. The smallest absolute Gasteiger partial charge is 0.417 e. The van der Waals surface area contributed by atoms with E-state index in [0.717, 1.165) is 37.2 Å². The molecule has 1 saturated heterocycles. The van der Waals surface area contributed by atoms with Crippen LogP contribution in [0.4, 0.5) is 27.6 Å². The standard InChI is InChI=1S/C34H28F5N5O4/c1-42-17-40-30-25(42)15-22(34(37,38)39)28-21-4-2-9-44-26(14-18(31(21)44)7-11-48-33(28)30)32(47)19-12-23(35)29(24(36)13-19)41-27(46)5-3-8-43-10-6-20(43)16-45/h2-5,9,12-15,17,20,45H,6-8,10-11,16H2,1H3,(H,41,46)/b5-3+/t20-/m0/s1. The number of amides is 1. The van der Waals surface area contributed by atoms with Gasteiger partial charge >= 0.3 is 6.18 Å². The monoisotopic (exact) mass is 665 g/mol. The minimum Gasteiger partial charge on any atom is -0.490 e. The number of hydrogen-bond acceptors (Lipinski definition) is 6. The van der Waals surface area contributed by atoms with Crippen molar-refractivity contribution in [3.05, 3.63) is 95.1 Å². The molecule has 2 aliphatic rings. The van der Waals surface area contributed by atoms with Gasteiger partial charge in [-0.1, -0.05) is 12.1 Å². The van der Waals surface area contributed by atoms with E-state index in [4.69, 9.17) is 4.74 Å². The molecule has 0 unspecified atom stereocenters. The van der Waals surface area contributed by atoms with Crippen molar-refractivity contribution in [3.8, 4) is 16.9 Å². The van der Waals surface area contributed by atoms with E-state index in [9.17, 15) is 27.9 Å². The van der Waals surface area contributed by atoms with Gasteiger partial charge in [0.1, 0.15) is 22.8 Å². The fourth-order valence-electron chi connectivity index (χ4n) is 6.41. The van der Waals surface area contributed by atoms with Gasteiger partial charge in [0.25, 0.3) is 0 Å². The minimum absolute atomic E-state index is 0.000468. The van der Waals surface area contributed by atoms with Crippen molar-refractivity contribution < 1.29 is 41.4 Å². The first kappa shape index (κ1) is 31.5. The molecule has 2 aliphatic heterocycles. The third kappa shape index (κ3) is 5.30. The Bertz CT molecular complexity index is 2130. The van der Waals surface area contributed by atoms with Gasteiger partial charge in [-0.25, -0.2) is 13.8 Å². The van der Waals surface area contributed by atoms with E-state index >= 15 is 8.78 Å². The maximum Gasteiger partial charge on any atom is 0.417 e. The number of aliphatic hydroxyl groups excluding tert-OH is 1. The van der Waals surface area contributed by atoms with Gasteiger partial charge in [0.15, 0.2) is 5.75 Å². The van der Waals surface area contributed by atoms with E-state index in [0.29, 0.717) is 17.6 Å². The summed E-state index contributed by atoms with van der Waals surface area (Å²) in [6.07, 6.45) is 1.86. The van der Waals surface area contributed by atoms with E-state index in [-0.39, 0.29) is 64.8 Å². The number of aliphatic hydroxyl groups is 1. The Hall–Kier alpha value is -5.08. The number of ether oxygens (including phenoxy) is 1. The SMILES string of the molecule is Cn1cnc2c3c(c(C(F)(F)F)cc21)-c1cccn2c(C(=O)c4cc(F)c(NC(=O)/C=C/CN5CC[C@H]5CO)c(F)c4)cc(c12)CCO3. The summed E-state index contributed by atoms with van der Waals surface area (Å²) in [6, 6.07) is 7.11. The zero-order valence-electron chi connectivity index (χ0n) is 25.4. The minimum atomic E-state index is -4.76. The molecule has 248 valence electrons. The third-order valence-electron chi connectivity index (χ3n) is 8.91. The number of carbonyl (C=O) groups excluding carboxylic acids is 2. The molecule has 14 heteroatoms. The highest BCUT2D eigenvalue weighted by atomic mass is 19.4. The van der Waals surface area contributed by atoms with Gasteiger partial charge < -0.3 is 24.1 Å². The van der Waals surface area contributed by atoms with Crippen LogP contribution in [0.5, 0.6) is 5.75 Å². The second kappa shape index (κ2) is 11.9. The van der Waals surface area contributed by atoms with Crippen LogP contribution in [0.2, 0.25) is 0 Å². The van der Waals surface area contributed by atoms with Crippen molar-refractivity contribution in [2.24, 2.45) is 7.05 Å². The van der Waals surface area contributed by atoms with Gasteiger partial charge in [-0.2, -0.15) is 13.2 Å². The summed E-state index contributed by atoms with van der Waals surface area (Å²) < 4.78 is 82.9. The van der Waals surface area contributed by atoms with Crippen molar-refractivity contribution in [1.29, 1.82) is 0 Å². The molecule has 2 aromatic carbocycles. The quantitative estimate of drug-likeness (QED) is 0.135. The molecule has 3 aromatic heterocycles. The molecule has 0 spiro atoms. The number of anilines is 1. The second-order valence-electron chi connectivity index (χ2n) is 11.8. The van der Waals surface area contributed by atoms with Gasteiger partial charge in [-0.05, 0) is 42.3 Å². The number of aryl methyl sites for hydroxylation is 1. The lowest BCUT2D eigenvalue weighted by Gasteiger charge is -2.39. The second-order valence-corrected chi connectivity index (χ2v) is 11.8. The molecule has 0 bridgehead atoms. The van der Waals surface area contributed by atoms with E-state index < -0.39 is 40.8 Å². The normalized spacial score (nSPS) is 16.4. The maximum absolute atomic E-state index is 15.2. The number of carbonyl (C=O) groups is 2. The summed E-state index contributed by atoms with van der Waals surface area (Å²) in [7, 11) is 1.58. The third-order valence-corrected chi connectivity index (χ3v) is 8.91. The van der Waals surface area contributed by atoms with Gasteiger partial charge in [0.05, 0.1) is 41.8 Å². The first-order valence-corrected chi connectivity index (χ1v) is 15.1. The van der Waals surface area contributed by atoms with Crippen LogP contribution in [0.3, 0.4) is 0 Å². The summed E-state index contributed by atoms with van der Waals surface area (Å²) in [4.78, 5) is 32.4. The molecule has 7 rings (SSSR count). The van der Waals surface area contributed by atoms with Gasteiger partial charge in [-0.15, -0.1) is 0 Å². The number of rotatable bonds is 7. The summed E-state index contributed by atoms with van der Waals surface area (Å²) in [5.41, 5.74) is -0.787. The predicted octanol–water partition coefficient (Wildman–Crippen LogP) is 5.52. The molecule has 5 aromatic rings. The molecule has 0 saturated carbocycles. The fourth-order valence-corrected chi connectivity index (χ4v) is 6.41. The molecule has 48 heavy (non-hydrogen) atoms. The molecule has 0 radical (unpaired) electrons. The van der Waals surface area contributed by atoms with Crippen molar-refractivity contribution in [1.82, 2.24) is 18.9 Å². The van der Waals surface area contributed by atoms with Gasteiger partial charge in [0, 0.05) is 61.6 Å².